The Labute approximate surface area is 124 Å². The number of hydrogen-bond acceptors (Lipinski definition) is 2. The number of aryl methyl sites for hydroxylation is 1. The highest BCUT2D eigenvalue weighted by Crippen LogP contribution is 2.29. The first-order valence-electron chi connectivity index (χ1n) is 7.47. The zero-order valence-corrected chi connectivity index (χ0v) is 12.0. The standard InChI is InChI=1S/C18H20FNO/c19-17-9-8-13(10-15(17)12-21)11-20-18-7-3-5-14-4-1-2-6-16(14)18/h1-2,4,6,8-10,18,20-21H,3,5,7,11-12H2. The van der Waals surface area contributed by atoms with Crippen LogP contribution in [0.4, 0.5) is 4.39 Å². The van der Waals surface area contributed by atoms with Gasteiger partial charge in [0.25, 0.3) is 0 Å². The molecule has 2 nitrogen and oxygen atoms in total. The highest BCUT2D eigenvalue weighted by molar-refractivity contribution is 5.32. The molecule has 1 aliphatic rings. The zero-order valence-electron chi connectivity index (χ0n) is 12.0. The topological polar surface area (TPSA) is 32.3 Å². The van der Waals surface area contributed by atoms with Crippen molar-refractivity contribution in [2.45, 2.75) is 38.5 Å². The van der Waals surface area contributed by atoms with E-state index in [2.05, 4.69) is 29.6 Å². The van der Waals surface area contributed by atoms with Gasteiger partial charge < -0.3 is 10.4 Å². The molecule has 0 radical (unpaired) electrons. The summed E-state index contributed by atoms with van der Waals surface area (Å²) >= 11 is 0. The van der Waals surface area contributed by atoms with Gasteiger partial charge in [-0.05, 0) is 48.1 Å². The van der Waals surface area contributed by atoms with Crippen LogP contribution in [0.5, 0.6) is 0 Å². The molecule has 3 heteroatoms. The van der Waals surface area contributed by atoms with E-state index >= 15 is 0 Å². The highest BCUT2D eigenvalue weighted by atomic mass is 19.1. The SMILES string of the molecule is OCc1cc(CNC2CCCc3ccccc32)ccc1F. The minimum atomic E-state index is -0.343. The molecule has 1 unspecified atom stereocenters. The lowest BCUT2D eigenvalue weighted by Gasteiger charge is -2.26. The Hall–Kier alpha value is -1.71. The molecular formula is C18H20FNO. The van der Waals surface area contributed by atoms with Gasteiger partial charge in [0.2, 0.25) is 0 Å². The molecule has 0 bridgehead atoms. The van der Waals surface area contributed by atoms with Crippen LogP contribution >= 0.6 is 0 Å². The van der Waals surface area contributed by atoms with Gasteiger partial charge in [0, 0.05) is 18.2 Å². The first kappa shape index (κ1) is 14.2. The molecule has 2 N–H and O–H groups in total. The number of rotatable bonds is 4. The Morgan fingerprint density at radius 3 is 2.90 bits per heavy atom. The summed E-state index contributed by atoms with van der Waals surface area (Å²) in [4.78, 5) is 0. The van der Waals surface area contributed by atoms with Crippen molar-refractivity contribution in [1.29, 1.82) is 0 Å². The average molecular weight is 285 g/mol. The van der Waals surface area contributed by atoms with Crippen LogP contribution in [-0.2, 0) is 19.6 Å². The zero-order chi connectivity index (χ0) is 14.7. The molecule has 21 heavy (non-hydrogen) atoms. The Morgan fingerprint density at radius 1 is 1.19 bits per heavy atom. The normalized spacial score (nSPS) is 17.5. The average Bonchev–Trinajstić information content (AvgIpc) is 2.54. The molecular weight excluding hydrogens is 265 g/mol. The van der Waals surface area contributed by atoms with Gasteiger partial charge in [-0.1, -0.05) is 30.3 Å². The molecule has 1 aliphatic carbocycles. The second-order valence-electron chi connectivity index (χ2n) is 5.61. The fourth-order valence-corrected chi connectivity index (χ4v) is 3.07. The van der Waals surface area contributed by atoms with Crippen molar-refractivity contribution in [2.24, 2.45) is 0 Å². The Bertz CT molecular complexity index is 626. The van der Waals surface area contributed by atoms with Crippen LogP contribution in [-0.4, -0.2) is 5.11 Å². The number of hydrogen-bond donors (Lipinski definition) is 2. The summed E-state index contributed by atoms with van der Waals surface area (Å²) in [5, 5.41) is 12.7. The fourth-order valence-electron chi connectivity index (χ4n) is 3.07. The molecule has 110 valence electrons. The van der Waals surface area contributed by atoms with Crippen molar-refractivity contribution in [3.05, 3.63) is 70.5 Å². The van der Waals surface area contributed by atoms with E-state index in [9.17, 15) is 4.39 Å². The molecule has 0 amide bonds. The number of aliphatic hydroxyl groups excluding tert-OH is 1. The van der Waals surface area contributed by atoms with Gasteiger partial charge in [0.1, 0.15) is 5.82 Å². The van der Waals surface area contributed by atoms with Crippen molar-refractivity contribution in [2.75, 3.05) is 0 Å². The van der Waals surface area contributed by atoms with E-state index in [0.717, 1.165) is 18.4 Å². The molecule has 1 atom stereocenters. The first-order chi connectivity index (χ1) is 10.3. The quantitative estimate of drug-likeness (QED) is 0.901. The van der Waals surface area contributed by atoms with Crippen LogP contribution in [0.3, 0.4) is 0 Å². The van der Waals surface area contributed by atoms with Crippen molar-refractivity contribution < 1.29 is 9.50 Å². The predicted octanol–water partition coefficient (Wildman–Crippen LogP) is 3.49. The minimum absolute atomic E-state index is 0.258. The monoisotopic (exact) mass is 285 g/mol. The van der Waals surface area contributed by atoms with Crippen LogP contribution in [0.2, 0.25) is 0 Å². The van der Waals surface area contributed by atoms with Gasteiger partial charge in [-0.2, -0.15) is 0 Å². The van der Waals surface area contributed by atoms with E-state index < -0.39 is 0 Å². The first-order valence-corrected chi connectivity index (χ1v) is 7.47. The Kier molecular flexibility index (Phi) is 4.32. The second-order valence-corrected chi connectivity index (χ2v) is 5.61. The van der Waals surface area contributed by atoms with Crippen molar-refractivity contribution in [1.82, 2.24) is 5.32 Å². The fraction of sp³-hybridized carbons (Fsp3) is 0.333. The minimum Gasteiger partial charge on any atom is -0.392 e. The van der Waals surface area contributed by atoms with Gasteiger partial charge >= 0.3 is 0 Å². The molecule has 2 aromatic rings. The van der Waals surface area contributed by atoms with Crippen molar-refractivity contribution >= 4 is 0 Å². The van der Waals surface area contributed by atoms with Crippen LogP contribution < -0.4 is 5.32 Å². The summed E-state index contributed by atoms with van der Waals surface area (Å²) in [5.41, 5.74) is 4.17. The molecule has 2 aromatic carbocycles. The number of halogens is 1. The number of benzene rings is 2. The Morgan fingerprint density at radius 2 is 2.05 bits per heavy atom. The third-order valence-corrected chi connectivity index (χ3v) is 4.20. The molecule has 0 spiro atoms. The lowest BCUT2D eigenvalue weighted by molar-refractivity contribution is 0.275. The summed E-state index contributed by atoms with van der Waals surface area (Å²) in [5.74, 6) is -0.343. The van der Waals surface area contributed by atoms with E-state index in [1.807, 2.05) is 0 Å². The van der Waals surface area contributed by atoms with E-state index in [0.29, 0.717) is 18.2 Å². The molecule has 0 heterocycles. The van der Waals surface area contributed by atoms with Gasteiger partial charge in [-0.25, -0.2) is 4.39 Å². The predicted molar refractivity (Wildman–Crippen MR) is 81.3 cm³/mol. The highest BCUT2D eigenvalue weighted by Gasteiger charge is 2.19. The van der Waals surface area contributed by atoms with Crippen LogP contribution in [0.1, 0.15) is 41.1 Å². The summed E-state index contributed by atoms with van der Waals surface area (Å²) in [7, 11) is 0. The van der Waals surface area contributed by atoms with Gasteiger partial charge in [-0.15, -0.1) is 0 Å². The van der Waals surface area contributed by atoms with Gasteiger partial charge in [0.05, 0.1) is 6.61 Å². The lowest BCUT2D eigenvalue weighted by Crippen LogP contribution is -2.24. The van der Waals surface area contributed by atoms with Gasteiger partial charge in [-0.3, -0.25) is 0 Å². The van der Waals surface area contributed by atoms with E-state index in [-0.39, 0.29) is 12.4 Å². The number of nitrogens with one attached hydrogen (secondary N) is 1. The smallest absolute Gasteiger partial charge is 0.128 e. The Balaban J connectivity index is 1.71. The largest absolute Gasteiger partial charge is 0.392 e. The van der Waals surface area contributed by atoms with E-state index in [1.165, 1.54) is 23.6 Å². The van der Waals surface area contributed by atoms with E-state index in [1.54, 1.807) is 12.1 Å². The second kappa shape index (κ2) is 6.37. The summed E-state index contributed by atoms with van der Waals surface area (Å²) in [6.07, 6.45) is 3.48. The molecule has 0 saturated heterocycles. The summed E-state index contributed by atoms with van der Waals surface area (Å²) in [6, 6.07) is 13.9. The van der Waals surface area contributed by atoms with Crippen molar-refractivity contribution in [3.8, 4) is 0 Å². The maximum absolute atomic E-state index is 13.4. The molecule has 0 aromatic heterocycles. The maximum atomic E-state index is 13.4. The molecule has 3 rings (SSSR count). The van der Waals surface area contributed by atoms with Crippen LogP contribution in [0, 0.1) is 5.82 Å². The van der Waals surface area contributed by atoms with Crippen LogP contribution in [0.15, 0.2) is 42.5 Å². The van der Waals surface area contributed by atoms with Crippen LogP contribution in [0.25, 0.3) is 0 Å². The molecule has 0 saturated carbocycles. The third-order valence-electron chi connectivity index (χ3n) is 4.20. The third kappa shape index (κ3) is 3.14. The number of aliphatic hydroxyl groups is 1. The van der Waals surface area contributed by atoms with E-state index in [4.69, 9.17) is 5.11 Å². The van der Waals surface area contributed by atoms with Gasteiger partial charge in [0.15, 0.2) is 0 Å². The summed E-state index contributed by atoms with van der Waals surface area (Å²) < 4.78 is 13.4. The summed E-state index contributed by atoms with van der Waals surface area (Å²) in [6.45, 7) is 0.429. The molecule has 0 fully saturated rings. The lowest BCUT2D eigenvalue weighted by atomic mass is 9.87. The molecule has 0 aliphatic heterocycles. The number of fused-ring (bicyclic) bond motifs is 1. The maximum Gasteiger partial charge on any atom is 0.128 e. The van der Waals surface area contributed by atoms with Crippen molar-refractivity contribution in [3.63, 3.8) is 0 Å².